The molecule has 0 amide bonds. The highest BCUT2D eigenvalue weighted by Gasteiger charge is 1.58. The molecule has 0 aliphatic carbocycles. The van der Waals surface area contributed by atoms with E-state index in [1.54, 1.807) is 0 Å². The van der Waals surface area contributed by atoms with Crippen LogP contribution in [-0.2, 0) is 9.59 Å². The highest BCUT2D eigenvalue weighted by Crippen LogP contribution is 1.80. The molecule has 21 heavy (non-hydrogen) atoms. The Kier molecular flexibility index (Phi) is 32.5. The number of nitrogens with one attached hydrogen (secondary N) is 3. The molecule has 0 fully saturated rings. The van der Waals surface area contributed by atoms with Gasteiger partial charge in [-0.1, -0.05) is 72.8 Å². The zero-order valence-corrected chi connectivity index (χ0v) is 11.1. The van der Waals surface area contributed by atoms with Crippen molar-refractivity contribution in [2.24, 2.45) is 0 Å². The first-order valence-electron chi connectivity index (χ1n) is 5.32. The molecule has 0 saturated heterocycles. The number of isocyanates is 2. The second-order valence-electron chi connectivity index (χ2n) is 2.60. The van der Waals surface area contributed by atoms with Crippen molar-refractivity contribution in [1.29, 1.82) is 10.8 Å². The summed E-state index contributed by atoms with van der Waals surface area (Å²) in [7, 11) is 0. The van der Waals surface area contributed by atoms with Crippen molar-refractivity contribution >= 4 is 12.2 Å². The van der Waals surface area contributed by atoms with E-state index >= 15 is 0 Å². The molecule has 110 valence electrons. The Morgan fingerprint density at radius 2 is 0.667 bits per heavy atom. The van der Waals surface area contributed by atoms with Gasteiger partial charge in [-0.15, -0.1) is 0 Å². The fourth-order valence-electron chi connectivity index (χ4n) is 0.770. The normalized spacial score (nSPS) is 5.90. The third kappa shape index (κ3) is 47.8. The molecule has 0 atom stereocenters. The van der Waals surface area contributed by atoms with Crippen molar-refractivity contribution in [2.45, 2.75) is 0 Å². The molecule has 0 heterocycles. The molecule has 0 aromatic heterocycles. The molecule has 2 aromatic carbocycles. The zero-order chi connectivity index (χ0) is 16.6. The van der Waals surface area contributed by atoms with Crippen LogP contribution in [0.2, 0.25) is 0 Å². The van der Waals surface area contributed by atoms with Crippen LogP contribution < -0.4 is 5.34 Å². The van der Waals surface area contributed by atoms with Crippen LogP contribution in [0, 0.1) is 20.9 Å². The van der Waals surface area contributed by atoms with E-state index in [1.165, 1.54) is 0 Å². The van der Waals surface area contributed by atoms with Crippen LogP contribution in [-0.4, -0.2) is 12.2 Å². The van der Waals surface area contributed by atoms with Crippen molar-refractivity contribution in [3.63, 3.8) is 0 Å². The SMILES string of the molecule is N=C=O.N=C=O.O=[NH+][O-].c1ccccc1.c1ccccc1. The summed E-state index contributed by atoms with van der Waals surface area (Å²) in [6, 6.07) is 24.0. The maximum atomic E-state index is 8.35. The van der Waals surface area contributed by atoms with Crippen LogP contribution >= 0.6 is 0 Å². The van der Waals surface area contributed by atoms with Gasteiger partial charge in [0.15, 0.2) is 0 Å². The van der Waals surface area contributed by atoms with E-state index in [0.717, 1.165) is 12.2 Å². The summed E-state index contributed by atoms with van der Waals surface area (Å²) in [5, 5.41) is 19.2. The zero-order valence-electron chi connectivity index (χ0n) is 11.1. The van der Waals surface area contributed by atoms with Gasteiger partial charge in [-0.25, -0.2) is 20.4 Å². The summed E-state index contributed by atoms with van der Waals surface area (Å²) >= 11 is 0. The Balaban J connectivity index is -0.000000204. The monoisotopic (exact) mass is 289 g/mol. The molecule has 0 bridgehead atoms. The van der Waals surface area contributed by atoms with Gasteiger partial charge in [0.25, 0.3) is 0 Å². The first-order valence-corrected chi connectivity index (χ1v) is 5.32. The van der Waals surface area contributed by atoms with Gasteiger partial charge in [-0.05, 0) is 0 Å². The number of rotatable bonds is 0. The third-order valence-corrected chi connectivity index (χ3v) is 1.33. The molecule has 2 aromatic rings. The largest absolute Gasteiger partial charge is 0.267 e. The summed E-state index contributed by atoms with van der Waals surface area (Å²) in [5.74, 6) is 0. The molecule has 7 heteroatoms. The predicted octanol–water partition coefficient (Wildman–Crippen LogP) is 1.51. The molecular weight excluding hydrogens is 274 g/mol. The second kappa shape index (κ2) is 30.0. The van der Waals surface area contributed by atoms with Crippen LogP contribution in [0.3, 0.4) is 0 Å². The molecule has 7 nitrogen and oxygen atoms in total. The average molecular weight is 289 g/mol. The number of carbonyl (C=O) groups excluding carboxylic acids is 2. The van der Waals surface area contributed by atoms with E-state index < -0.39 is 0 Å². The Morgan fingerprint density at radius 3 is 0.714 bits per heavy atom. The Labute approximate surface area is 121 Å². The van der Waals surface area contributed by atoms with Gasteiger partial charge in [0, 0.05) is 5.34 Å². The minimum atomic E-state index is 0.250. The van der Waals surface area contributed by atoms with Crippen LogP contribution in [0.1, 0.15) is 0 Å². The third-order valence-electron chi connectivity index (χ3n) is 1.33. The van der Waals surface area contributed by atoms with Crippen molar-refractivity contribution < 1.29 is 14.9 Å². The van der Waals surface area contributed by atoms with Gasteiger partial charge in [-0.2, -0.15) is 0 Å². The van der Waals surface area contributed by atoms with Gasteiger partial charge in [0.05, 0.1) is 0 Å². The Hall–Kier alpha value is -3.40. The van der Waals surface area contributed by atoms with Crippen LogP contribution in [0.4, 0.5) is 0 Å². The van der Waals surface area contributed by atoms with E-state index in [0.29, 0.717) is 0 Å². The average Bonchev–Trinajstić information content (AvgIpc) is 2.54. The Morgan fingerprint density at radius 1 is 0.619 bits per heavy atom. The van der Waals surface area contributed by atoms with Gasteiger partial charge in [-0.3, -0.25) is 10.1 Å². The van der Waals surface area contributed by atoms with Crippen molar-refractivity contribution in [3.05, 3.63) is 82.9 Å². The van der Waals surface area contributed by atoms with Crippen molar-refractivity contribution in [1.82, 2.24) is 0 Å². The van der Waals surface area contributed by atoms with E-state index in [1.807, 2.05) is 72.8 Å². The van der Waals surface area contributed by atoms with E-state index in [-0.39, 0.29) is 5.34 Å². The number of hydrogen-bond acceptors (Lipinski definition) is 6. The van der Waals surface area contributed by atoms with Gasteiger partial charge in [0.1, 0.15) is 0 Å². The fourth-order valence-corrected chi connectivity index (χ4v) is 0.770. The maximum Gasteiger partial charge on any atom is 0.231 e. The predicted molar refractivity (Wildman–Crippen MR) is 77.4 cm³/mol. The highest BCUT2D eigenvalue weighted by atomic mass is 16.6. The van der Waals surface area contributed by atoms with Crippen molar-refractivity contribution in [3.8, 4) is 0 Å². The molecule has 0 aliphatic heterocycles. The fraction of sp³-hybridized carbons (Fsp3) is 0. The van der Waals surface area contributed by atoms with E-state index in [2.05, 4.69) is 0 Å². The molecule has 3 N–H and O–H groups in total. The summed E-state index contributed by atoms with van der Waals surface area (Å²) in [6.07, 6.45) is 1.50. The molecular formula is C14H15N3O4. The summed E-state index contributed by atoms with van der Waals surface area (Å²) in [4.78, 5) is 24.8. The maximum absolute atomic E-state index is 8.35. The standard InChI is InChI=1S/2C6H6.2CHNO.HNO2/c2*1-2-4-6-5-3-1;3*2-1-3/h2*1-6H;2*2H;1H. The number of benzene rings is 2. The minimum absolute atomic E-state index is 0.250. The summed E-state index contributed by atoms with van der Waals surface area (Å²) in [6.45, 7) is 0. The molecule has 0 saturated carbocycles. The molecule has 0 unspecified atom stereocenters. The quantitative estimate of drug-likeness (QED) is 0.293. The lowest BCUT2D eigenvalue weighted by Crippen LogP contribution is -2.53. The van der Waals surface area contributed by atoms with E-state index in [4.69, 9.17) is 30.5 Å². The van der Waals surface area contributed by atoms with E-state index in [9.17, 15) is 0 Å². The van der Waals surface area contributed by atoms with Crippen LogP contribution in [0.25, 0.3) is 0 Å². The summed E-state index contributed by atoms with van der Waals surface area (Å²) < 4.78 is 0. The van der Waals surface area contributed by atoms with Gasteiger partial charge < -0.3 is 0 Å². The topological polar surface area (TPSA) is 136 Å². The van der Waals surface area contributed by atoms with Crippen LogP contribution in [0.15, 0.2) is 72.8 Å². The lowest BCUT2D eigenvalue weighted by Gasteiger charge is -1.69. The molecule has 0 radical (unpaired) electrons. The first kappa shape index (κ1) is 22.8. The Bertz CT molecular complexity index is 369. The lowest BCUT2D eigenvalue weighted by molar-refractivity contribution is -0.398. The molecule has 0 spiro atoms. The summed E-state index contributed by atoms with van der Waals surface area (Å²) in [5.41, 5.74) is 0. The lowest BCUT2D eigenvalue weighted by atomic mass is 10.4. The second-order valence-corrected chi connectivity index (χ2v) is 2.60. The first-order chi connectivity index (χ1) is 10.2. The number of hydrogen-bond donors (Lipinski definition) is 3. The van der Waals surface area contributed by atoms with Crippen LogP contribution in [0.5, 0.6) is 0 Å². The molecule has 2 rings (SSSR count). The minimum Gasteiger partial charge on any atom is -0.267 e. The highest BCUT2D eigenvalue weighted by molar-refractivity contribution is 5.26. The van der Waals surface area contributed by atoms with Gasteiger partial charge in [0.2, 0.25) is 12.2 Å². The van der Waals surface area contributed by atoms with Gasteiger partial charge >= 0.3 is 0 Å². The smallest absolute Gasteiger partial charge is 0.231 e. The molecule has 0 aliphatic rings. The van der Waals surface area contributed by atoms with Crippen molar-refractivity contribution in [2.75, 3.05) is 0 Å².